The number of benzene rings is 1. The molecule has 156 valence electrons. The fourth-order valence-electron chi connectivity index (χ4n) is 4.48. The van der Waals surface area contributed by atoms with Gasteiger partial charge in [0.1, 0.15) is 6.04 Å². The molecule has 3 aliphatic heterocycles. The standard InChI is InChI=1S/C21H24N6O3/c28-19-5-4-18(20(29)24-19)26-12-17-13(2-1-3-16(17)21(26)30)9-23-10-14-8-15-11-22-6-7-27(15)25-14/h1-3,8,18,22-23H,4-7,9-12H2,(H,24,28,29). The van der Waals surface area contributed by atoms with E-state index in [1.54, 1.807) is 4.90 Å². The summed E-state index contributed by atoms with van der Waals surface area (Å²) in [6.45, 7) is 4.32. The molecular weight excluding hydrogens is 384 g/mol. The highest BCUT2D eigenvalue weighted by molar-refractivity contribution is 6.05. The van der Waals surface area contributed by atoms with E-state index in [1.807, 2.05) is 22.9 Å². The molecule has 9 heteroatoms. The van der Waals surface area contributed by atoms with Crippen LogP contribution in [0, 0.1) is 0 Å². The number of fused-ring (bicyclic) bond motifs is 2. The first-order chi connectivity index (χ1) is 14.6. The smallest absolute Gasteiger partial charge is 0.255 e. The van der Waals surface area contributed by atoms with Crippen molar-refractivity contribution >= 4 is 17.7 Å². The minimum absolute atomic E-state index is 0.143. The summed E-state index contributed by atoms with van der Waals surface area (Å²) in [5.74, 6) is -0.803. The van der Waals surface area contributed by atoms with Gasteiger partial charge in [0.2, 0.25) is 11.8 Å². The Labute approximate surface area is 173 Å². The predicted octanol–water partition coefficient (Wildman–Crippen LogP) is 0.0371. The average Bonchev–Trinajstić information content (AvgIpc) is 3.30. The zero-order chi connectivity index (χ0) is 20.7. The first kappa shape index (κ1) is 19.0. The zero-order valence-corrected chi connectivity index (χ0v) is 16.6. The molecule has 1 saturated heterocycles. The Morgan fingerprint density at radius 3 is 2.93 bits per heavy atom. The van der Waals surface area contributed by atoms with Crippen LogP contribution in [0.1, 0.15) is 45.7 Å². The van der Waals surface area contributed by atoms with E-state index in [0.29, 0.717) is 31.6 Å². The maximum Gasteiger partial charge on any atom is 0.255 e. The molecule has 0 radical (unpaired) electrons. The first-order valence-electron chi connectivity index (χ1n) is 10.3. The van der Waals surface area contributed by atoms with Crippen molar-refractivity contribution in [1.82, 2.24) is 30.6 Å². The van der Waals surface area contributed by atoms with Crippen LogP contribution in [0.2, 0.25) is 0 Å². The van der Waals surface area contributed by atoms with Crippen LogP contribution in [0.3, 0.4) is 0 Å². The van der Waals surface area contributed by atoms with E-state index >= 15 is 0 Å². The van der Waals surface area contributed by atoms with Crippen molar-refractivity contribution in [3.05, 3.63) is 52.3 Å². The molecule has 1 fully saturated rings. The van der Waals surface area contributed by atoms with Gasteiger partial charge in [-0.15, -0.1) is 0 Å². The van der Waals surface area contributed by atoms with Gasteiger partial charge < -0.3 is 15.5 Å². The van der Waals surface area contributed by atoms with Crippen molar-refractivity contribution < 1.29 is 14.4 Å². The van der Waals surface area contributed by atoms with Gasteiger partial charge in [0, 0.05) is 44.7 Å². The van der Waals surface area contributed by atoms with Crippen molar-refractivity contribution in [2.45, 2.75) is 51.6 Å². The van der Waals surface area contributed by atoms with Crippen LogP contribution in [0.15, 0.2) is 24.3 Å². The van der Waals surface area contributed by atoms with Crippen LogP contribution in [-0.2, 0) is 42.3 Å². The molecule has 4 heterocycles. The third-order valence-electron chi connectivity index (χ3n) is 6.02. The summed E-state index contributed by atoms with van der Waals surface area (Å²) < 4.78 is 2.05. The second kappa shape index (κ2) is 7.66. The quantitative estimate of drug-likeness (QED) is 0.603. The number of piperidine rings is 1. The molecule has 0 spiro atoms. The number of imide groups is 1. The Balaban J connectivity index is 1.27. The molecule has 0 bridgehead atoms. The van der Waals surface area contributed by atoms with E-state index in [9.17, 15) is 14.4 Å². The number of carbonyl (C=O) groups excluding carboxylic acids is 3. The summed E-state index contributed by atoms with van der Waals surface area (Å²) in [6.07, 6.45) is 0.632. The van der Waals surface area contributed by atoms with Crippen molar-refractivity contribution in [2.24, 2.45) is 0 Å². The van der Waals surface area contributed by atoms with Gasteiger partial charge in [0.15, 0.2) is 0 Å². The lowest BCUT2D eigenvalue weighted by atomic mass is 10.0. The van der Waals surface area contributed by atoms with Gasteiger partial charge in [-0.1, -0.05) is 12.1 Å². The summed E-state index contributed by atoms with van der Waals surface area (Å²) in [6, 6.07) is 7.22. The Kier molecular flexibility index (Phi) is 4.84. The van der Waals surface area contributed by atoms with Gasteiger partial charge >= 0.3 is 0 Å². The van der Waals surface area contributed by atoms with Crippen LogP contribution < -0.4 is 16.0 Å². The Bertz CT molecular complexity index is 1010. The number of amides is 3. The molecule has 9 nitrogen and oxygen atoms in total. The van der Waals surface area contributed by atoms with Gasteiger partial charge in [-0.2, -0.15) is 5.10 Å². The molecule has 1 aromatic heterocycles. The Hall–Kier alpha value is -3.04. The van der Waals surface area contributed by atoms with E-state index in [2.05, 4.69) is 27.1 Å². The monoisotopic (exact) mass is 408 g/mol. The maximum atomic E-state index is 12.9. The largest absolute Gasteiger partial charge is 0.322 e. The zero-order valence-electron chi connectivity index (χ0n) is 16.6. The summed E-state index contributed by atoms with van der Waals surface area (Å²) in [5, 5.41) is 13.7. The van der Waals surface area contributed by atoms with Gasteiger partial charge in [-0.3, -0.25) is 24.4 Å². The van der Waals surface area contributed by atoms with Crippen LogP contribution in [0.25, 0.3) is 0 Å². The molecule has 1 aromatic carbocycles. The van der Waals surface area contributed by atoms with Gasteiger partial charge in [-0.05, 0) is 29.7 Å². The van der Waals surface area contributed by atoms with E-state index in [0.717, 1.165) is 36.5 Å². The third-order valence-corrected chi connectivity index (χ3v) is 6.02. The summed E-state index contributed by atoms with van der Waals surface area (Å²) in [4.78, 5) is 38.2. The van der Waals surface area contributed by atoms with Crippen molar-refractivity contribution in [2.75, 3.05) is 6.54 Å². The molecule has 3 amide bonds. The lowest BCUT2D eigenvalue weighted by molar-refractivity contribution is -0.136. The molecule has 3 aliphatic rings. The molecule has 5 rings (SSSR count). The Morgan fingerprint density at radius 2 is 2.10 bits per heavy atom. The number of rotatable bonds is 5. The SMILES string of the molecule is O=C1CCC(N2Cc3c(CNCc4cc5n(n4)CCNC5)cccc3C2=O)C(=O)N1. The van der Waals surface area contributed by atoms with E-state index in [4.69, 9.17) is 0 Å². The first-order valence-corrected chi connectivity index (χ1v) is 10.3. The number of hydrogen-bond acceptors (Lipinski definition) is 6. The third kappa shape index (κ3) is 3.40. The molecule has 0 aliphatic carbocycles. The molecule has 30 heavy (non-hydrogen) atoms. The Morgan fingerprint density at radius 1 is 1.20 bits per heavy atom. The van der Waals surface area contributed by atoms with Crippen LogP contribution in [-0.4, -0.2) is 45.0 Å². The van der Waals surface area contributed by atoms with Gasteiger partial charge in [0.25, 0.3) is 5.91 Å². The van der Waals surface area contributed by atoms with Crippen molar-refractivity contribution in [3.63, 3.8) is 0 Å². The average molecular weight is 408 g/mol. The van der Waals surface area contributed by atoms with Crippen molar-refractivity contribution in [1.29, 1.82) is 0 Å². The number of aromatic nitrogens is 2. The fourth-order valence-corrected chi connectivity index (χ4v) is 4.48. The summed E-state index contributed by atoms with van der Waals surface area (Å²) in [7, 11) is 0. The van der Waals surface area contributed by atoms with Gasteiger partial charge in [-0.25, -0.2) is 0 Å². The van der Waals surface area contributed by atoms with Crippen LogP contribution in [0.4, 0.5) is 0 Å². The molecule has 1 atom stereocenters. The minimum Gasteiger partial charge on any atom is -0.322 e. The molecular formula is C21H24N6O3. The lowest BCUT2D eigenvalue weighted by Gasteiger charge is -2.29. The van der Waals surface area contributed by atoms with Gasteiger partial charge in [0.05, 0.1) is 17.9 Å². The van der Waals surface area contributed by atoms with E-state index in [-0.39, 0.29) is 24.1 Å². The predicted molar refractivity (Wildman–Crippen MR) is 107 cm³/mol. The molecule has 2 aromatic rings. The summed E-state index contributed by atoms with van der Waals surface area (Å²) >= 11 is 0. The van der Waals surface area contributed by atoms with Crippen LogP contribution >= 0.6 is 0 Å². The molecule has 1 unspecified atom stereocenters. The topological polar surface area (TPSA) is 108 Å². The highest BCUT2D eigenvalue weighted by Gasteiger charge is 2.39. The van der Waals surface area contributed by atoms with Crippen molar-refractivity contribution in [3.8, 4) is 0 Å². The normalized spacial score (nSPS) is 20.9. The van der Waals surface area contributed by atoms with E-state index < -0.39 is 6.04 Å². The minimum atomic E-state index is -0.589. The fraction of sp³-hybridized carbons (Fsp3) is 0.429. The van der Waals surface area contributed by atoms with E-state index in [1.165, 1.54) is 5.69 Å². The highest BCUT2D eigenvalue weighted by Crippen LogP contribution is 2.29. The van der Waals surface area contributed by atoms with Crippen LogP contribution in [0.5, 0.6) is 0 Å². The lowest BCUT2D eigenvalue weighted by Crippen LogP contribution is -2.52. The number of nitrogens with zero attached hydrogens (tertiary/aromatic N) is 3. The highest BCUT2D eigenvalue weighted by atomic mass is 16.2. The number of hydrogen-bond donors (Lipinski definition) is 3. The maximum absolute atomic E-state index is 12.9. The number of nitrogens with one attached hydrogen (secondary N) is 3. The summed E-state index contributed by atoms with van der Waals surface area (Å²) in [5.41, 5.74) is 4.84. The number of carbonyl (C=O) groups is 3. The second-order valence-corrected chi connectivity index (χ2v) is 7.97. The second-order valence-electron chi connectivity index (χ2n) is 7.97. The molecule has 0 saturated carbocycles. The molecule has 3 N–H and O–H groups in total.